The molecule has 0 unspecified atom stereocenters. The van der Waals surface area contributed by atoms with Gasteiger partial charge in [-0.3, -0.25) is 9.97 Å². The first-order valence-corrected chi connectivity index (χ1v) is 16.5. The van der Waals surface area contributed by atoms with Crippen molar-refractivity contribution >= 4 is 34.7 Å². The van der Waals surface area contributed by atoms with E-state index in [1.165, 1.54) is 24.4 Å². The molecule has 4 aromatic carbocycles. The number of carbonyl (C=O) groups is 2. The minimum atomic E-state index is -1.31. The van der Waals surface area contributed by atoms with E-state index in [0.29, 0.717) is 40.6 Å². The number of rotatable bonds is 9. The molecule has 276 valence electrons. The average Bonchev–Trinajstić information content (AvgIpc) is 3.62. The first kappa shape index (κ1) is 37.4. The van der Waals surface area contributed by atoms with Gasteiger partial charge in [0.15, 0.2) is 11.6 Å². The predicted molar refractivity (Wildman–Crippen MR) is 200 cm³/mol. The molecule has 0 radical (unpaired) electrons. The summed E-state index contributed by atoms with van der Waals surface area (Å²) in [6, 6.07) is 25.9. The number of anilines is 4. The lowest BCUT2D eigenvalue weighted by molar-refractivity contribution is 0.0687. The van der Waals surface area contributed by atoms with Crippen LogP contribution in [0.1, 0.15) is 37.7 Å². The van der Waals surface area contributed by atoms with Crippen LogP contribution >= 0.6 is 0 Å². The summed E-state index contributed by atoms with van der Waals surface area (Å²) in [5.41, 5.74) is 5.82. The Kier molecular flexibility index (Phi) is 11.0. The van der Waals surface area contributed by atoms with E-state index in [2.05, 4.69) is 30.8 Å². The molecule has 55 heavy (non-hydrogen) atoms. The van der Waals surface area contributed by atoms with E-state index in [1.807, 2.05) is 49.4 Å². The van der Waals surface area contributed by atoms with Gasteiger partial charge in [-0.2, -0.15) is 0 Å². The minimum Gasteiger partial charge on any atom is -0.478 e. The molecule has 0 aliphatic carbocycles. The lowest BCUT2D eigenvalue weighted by Gasteiger charge is -2.11. The lowest BCUT2D eigenvalue weighted by Crippen LogP contribution is -2.03. The zero-order chi connectivity index (χ0) is 39.2. The van der Waals surface area contributed by atoms with Crippen LogP contribution in [0.4, 0.5) is 35.9 Å². The van der Waals surface area contributed by atoms with E-state index in [1.54, 1.807) is 44.3 Å². The molecule has 0 bridgehead atoms. The van der Waals surface area contributed by atoms with E-state index < -0.39 is 35.0 Å². The molecule has 4 N–H and O–H groups in total. The number of carboxylic acid groups (broad SMARTS) is 2. The van der Waals surface area contributed by atoms with Crippen molar-refractivity contribution in [3.8, 4) is 34.0 Å². The Morgan fingerprint density at radius 3 is 1.67 bits per heavy atom. The maximum absolute atomic E-state index is 13.8. The fourth-order valence-electron chi connectivity index (χ4n) is 5.44. The van der Waals surface area contributed by atoms with E-state index in [-0.39, 0.29) is 16.8 Å². The number of aromatic nitrogens is 4. The van der Waals surface area contributed by atoms with Crippen LogP contribution in [0, 0.1) is 38.2 Å². The van der Waals surface area contributed by atoms with Crippen LogP contribution in [-0.2, 0) is 0 Å². The summed E-state index contributed by atoms with van der Waals surface area (Å²) < 4.78 is 46.5. The molecule has 7 aromatic rings. The Labute approximate surface area is 312 Å². The maximum atomic E-state index is 13.8. The molecule has 0 atom stereocenters. The standard InChI is InChI=1S/C22H18N4O3.C19H13F3N2O2/c1-13-6-8-20(18(10-13)22(27)28)24-17-7-9-19(23-12-17)15-4-3-5-16(11-15)21-26-25-14(2)29-21;1-10-2-6-15(12(8-10)19(25)26)24-11-3-7-16(23-9-11)17-13(20)4-5-14(21)18(17)22/h3-12,24H,1-2H3,(H,27,28);2-9,24H,1H3,(H,25,26). The molecule has 0 aliphatic heterocycles. The van der Waals surface area contributed by atoms with Gasteiger partial charge in [0.25, 0.3) is 0 Å². The Bertz CT molecular complexity index is 2530. The molecular formula is C41H31F3N6O5. The highest BCUT2D eigenvalue weighted by atomic mass is 19.2. The van der Waals surface area contributed by atoms with E-state index in [4.69, 9.17) is 4.42 Å². The van der Waals surface area contributed by atoms with E-state index >= 15 is 0 Å². The Balaban J connectivity index is 0.000000188. The molecule has 0 spiro atoms. The molecule has 3 heterocycles. The first-order valence-electron chi connectivity index (χ1n) is 16.5. The van der Waals surface area contributed by atoms with Crippen molar-refractivity contribution in [3.63, 3.8) is 0 Å². The summed E-state index contributed by atoms with van der Waals surface area (Å²) in [4.78, 5) is 31.3. The molecule has 0 amide bonds. The van der Waals surface area contributed by atoms with Gasteiger partial charge in [-0.15, -0.1) is 10.2 Å². The second kappa shape index (κ2) is 16.1. The summed E-state index contributed by atoms with van der Waals surface area (Å²) in [6.45, 7) is 5.38. The van der Waals surface area contributed by atoms with Gasteiger partial charge in [0.05, 0.1) is 63.2 Å². The predicted octanol–water partition coefficient (Wildman–Crippen LogP) is 9.77. The molecule has 11 nitrogen and oxygen atoms in total. The molecule has 0 saturated carbocycles. The van der Waals surface area contributed by atoms with Gasteiger partial charge >= 0.3 is 11.9 Å². The third-order valence-electron chi connectivity index (χ3n) is 8.13. The fraction of sp³-hybridized carbons (Fsp3) is 0.0732. The number of benzene rings is 4. The van der Waals surface area contributed by atoms with Crippen molar-refractivity contribution in [3.05, 3.63) is 155 Å². The number of nitrogens with zero attached hydrogens (tertiary/aromatic N) is 4. The lowest BCUT2D eigenvalue weighted by atomic mass is 10.1. The highest BCUT2D eigenvalue weighted by molar-refractivity contribution is 5.96. The molecule has 0 saturated heterocycles. The summed E-state index contributed by atoms with van der Waals surface area (Å²) in [7, 11) is 0. The van der Waals surface area contributed by atoms with Crippen LogP contribution in [-0.4, -0.2) is 42.3 Å². The van der Waals surface area contributed by atoms with Crippen molar-refractivity contribution in [2.45, 2.75) is 20.8 Å². The second-order valence-electron chi connectivity index (χ2n) is 12.2. The summed E-state index contributed by atoms with van der Waals surface area (Å²) in [6.07, 6.45) is 2.95. The first-order chi connectivity index (χ1) is 26.4. The smallest absolute Gasteiger partial charge is 0.337 e. The third-order valence-corrected chi connectivity index (χ3v) is 8.13. The van der Waals surface area contributed by atoms with Gasteiger partial charge in [0, 0.05) is 18.1 Å². The van der Waals surface area contributed by atoms with Crippen LogP contribution in [0.25, 0.3) is 34.0 Å². The fourth-order valence-corrected chi connectivity index (χ4v) is 5.44. The van der Waals surface area contributed by atoms with E-state index in [9.17, 15) is 33.0 Å². The maximum Gasteiger partial charge on any atom is 0.337 e. The molecule has 14 heteroatoms. The van der Waals surface area contributed by atoms with Gasteiger partial charge in [0.2, 0.25) is 11.8 Å². The number of hydrogen-bond acceptors (Lipinski definition) is 9. The average molecular weight is 745 g/mol. The second-order valence-corrected chi connectivity index (χ2v) is 12.2. The van der Waals surface area contributed by atoms with Crippen LogP contribution in [0.5, 0.6) is 0 Å². The van der Waals surface area contributed by atoms with Crippen molar-refractivity contribution < 1.29 is 37.4 Å². The normalized spacial score (nSPS) is 10.7. The largest absolute Gasteiger partial charge is 0.478 e. The number of halogens is 3. The monoisotopic (exact) mass is 744 g/mol. The number of aromatic carboxylic acids is 2. The van der Waals surface area contributed by atoms with Crippen molar-refractivity contribution in [1.82, 2.24) is 20.2 Å². The topological polar surface area (TPSA) is 163 Å². The van der Waals surface area contributed by atoms with Crippen LogP contribution in [0.15, 0.2) is 114 Å². The van der Waals surface area contributed by atoms with Gasteiger partial charge in [-0.05, 0) is 86.6 Å². The summed E-state index contributed by atoms with van der Waals surface area (Å²) in [5.74, 6) is -4.51. The highest BCUT2D eigenvalue weighted by Gasteiger charge is 2.18. The molecular weight excluding hydrogens is 713 g/mol. The minimum absolute atomic E-state index is 0.0765. The number of pyridine rings is 2. The van der Waals surface area contributed by atoms with Crippen LogP contribution in [0.2, 0.25) is 0 Å². The Morgan fingerprint density at radius 1 is 0.618 bits per heavy atom. The number of nitrogens with one attached hydrogen (secondary N) is 2. The molecule has 3 aromatic heterocycles. The van der Waals surface area contributed by atoms with Crippen molar-refractivity contribution in [2.24, 2.45) is 0 Å². The SMILES string of the molecule is Cc1ccc(Nc2ccc(-c3c(F)ccc(F)c3F)nc2)c(C(=O)O)c1.Cc1ccc(Nc2ccc(-c3cccc(-c4nnc(C)o4)c3)nc2)c(C(=O)O)c1. The van der Waals surface area contributed by atoms with Crippen molar-refractivity contribution in [2.75, 3.05) is 10.6 Å². The Morgan fingerprint density at radius 2 is 1.16 bits per heavy atom. The number of aryl methyl sites for hydroxylation is 3. The number of hydrogen-bond donors (Lipinski definition) is 4. The zero-order valence-corrected chi connectivity index (χ0v) is 29.4. The summed E-state index contributed by atoms with van der Waals surface area (Å²) in [5, 5.41) is 32.6. The highest BCUT2D eigenvalue weighted by Crippen LogP contribution is 2.29. The quantitative estimate of drug-likeness (QED) is 0.104. The van der Waals surface area contributed by atoms with Gasteiger partial charge in [-0.1, -0.05) is 35.4 Å². The Hall–Kier alpha value is -7.35. The molecule has 7 rings (SSSR count). The number of carboxylic acids is 2. The van der Waals surface area contributed by atoms with Crippen LogP contribution < -0.4 is 10.6 Å². The van der Waals surface area contributed by atoms with E-state index in [0.717, 1.165) is 34.0 Å². The van der Waals surface area contributed by atoms with Gasteiger partial charge < -0.3 is 25.3 Å². The molecule has 0 fully saturated rings. The van der Waals surface area contributed by atoms with Gasteiger partial charge in [-0.25, -0.2) is 22.8 Å². The molecule has 0 aliphatic rings. The van der Waals surface area contributed by atoms with Gasteiger partial charge in [0.1, 0.15) is 5.82 Å². The third kappa shape index (κ3) is 8.83. The van der Waals surface area contributed by atoms with Crippen LogP contribution in [0.3, 0.4) is 0 Å². The summed E-state index contributed by atoms with van der Waals surface area (Å²) >= 11 is 0. The zero-order valence-electron chi connectivity index (χ0n) is 29.4. The van der Waals surface area contributed by atoms with Crippen molar-refractivity contribution in [1.29, 1.82) is 0 Å².